The zero-order chi connectivity index (χ0) is 13.7. The molecule has 0 saturated heterocycles. The van der Waals surface area contributed by atoms with Gasteiger partial charge in [0.15, 0.2) is 11.6 Å². The molecular formula is C14H12BrF2NO. The number of anilines is 1. The fraction of sp³-hybridized carbons (Fsp3) is 0.143. The number of nitrogens with one attached hydrogen (secondary N) is 1. The quantitative estimate of drug-likeness (QED) is 0.830. The predicted molar refractivity (Wildman–Crippen MR) is 74.5 cm³/mol. The minimum atomic E-state index is -0.716. The molecule has 0 fully saturated rings. The van der Waals surface area contributed by atoms with Crippen molar-refractivity contribution in [1.82, 2.24) is 0 Å². The zero-order valence-corrected chi connectivity index (χ0v) is 11.6. The predicted octanol–water partition coefficient (Wildman–Crippen LogP) is 4.22. The number of rotatable bonds is 5. The van der Waals surface area contributed by atoms with Crippen LogP contribution in [0.15, 0.2) is 46.9 Å². The molecule has 0 aliphatic heterocycles. The van der Waals surface area contributed by atoms with E-state index in [1.54, 1.807) is 0 Å². The third-order valence-electron chi connectivity index (χ3n) is 2.41. The Morgan fingerprint density at radius 3 is 2.53 bits per heavy atom. The molecule has 2 aromatic carbocycles. The van der Waals surface area contributed by atoms with Gasteiger partial charge in [-0.15, -0.1) is 0 Å². The van der Waals surface area contributed by atoms with E-state index < -0.39 is 11.6 Å². The average Bonchev–Trinajstić information content (AvgIpc) is 2.38. The molecule has 0 aromatic heterocycles. The minimum Gasteiger partial charge on any atom is -0.487 e. The van der Waals surface area contributed by atoms with Crippen molar-refractivity contribution in [3.05, 3.63) is 58.6 Å². The van der Waals surface area contributed by atoms with Crippen molar-refractivity contribution in [2.24, 2.45) is 0 Å². The van der Waals surface area contributed by atoms with Gasteiger partial charge in [-0.25, -0.2) is 8.78 Å². The van der Waals surface area contributed by atoms with Crippen molar-refractivity contribution in [1.29, 1.82) is 0 Å². The van der Waals surface area contributed by atoms with Crippen LogP contribution in [-0.4, -0.2) is 13.2 Å². The van der Waals surface area contributed by atoms with E-state index in [1.807, 2.05) is 30.3 Å². The highest BCUT2D eigenvalue weighted by Crippen LogP contribution is 2.29. The van der Waals surface area contributed by atoms with Gasteiger partial charge in [0.25, 0.3) is 0 Å². The Balaban J connectivity index is 1.86. The fourth-order valence-corrected chi connectivity index (χ4v) is 2.09. The van der Waals surface area contributed by atoms with Gasteiger partial charge in [0.2, 0.25) is 0 Å². The largest absolute Gasteiger partial charge is 0.487 e. The summed E-state index contributed by atoms with van der Waals surface area (Å²) in [6.07, 6.45) is 0. The molecule has 0 radical (unpaired) electrons. The lowest BCUT2D eigenvalue weighted by Crippen LogP contribution is -2.12. The standard InChI is InChI=1S/C14H12BrF2NO/c15-12-8-10(16)9-13(17)14(12)19-7-6-18-11-4-2-1-3-5-11/h1-5,8-9,18H,6-7H2. The Bertz CT molecular complexity index is 525. The second kappa shape index (κ2) is 6.52. The SMILES string of the molecule is Fc1cc(F)c(OCCNc2ccccc2)c(Br)c1. The first-order valence-electron chi connectivity index (χ1n) is 5.73. The Morgan fingerprint density at radius 1 is 1.11 bits per heavy atom. The maximum atomic E-state index is 13.4. The Kier molecular flexibility index (Phi) is 4.74. The first-order chi connectivity index (χ1) is 9.16. The topological polar surface area (TPSA) is 21.3 Å². The van der Waals surface area contributed by atoms with Crippen molar-refractivity contribution >= 4 is 21.6 Å². The van der Waals surface area contributed by atoms with Crippen molar-refractivity contribution in [3.63, 3.8) is 0 Å². The van der Waals surface area contributed by atoms with Gasteiger partial charge in [-0.3, -0.25) is 0 Å². The molecule has 0 aliphatic carbocycles. The van der Waals surface area contributed by atoms with E-state index in [1.165, 1.54) is 6.07 Å². The van der Waals surface area contributed by atoms with Gasteiger partial charge in [-0.1, -0.05) is 18.2 Å². The maximum Gasteiger partial charge on any atom is 0.169 e. The fourth-order valence-electron chi connectivity index (χ4n) is 1.57. The lowest BCUT2D eigenvalue weighted by atomic mass is 10.3. The molecule has 0 spiro atoms. The third kappa shape index (κ3) is 3.92. The van der Waals surface area contributed by atoms with Gasteiger partial charge < -0.3 is 10.1 Å². The summed E-state index contributed by atoms with van der Waals surface area (Å²) in [5.74, 6) is -1.33. The van der Waals surface area contributed by atoms with E-state index in [2.05, 4.69) is 21.2 Å². The summed E-state index contributed by atoms with van der Waals surface area (Å²) >= 11 is 3.07. The first-order valence-corrected chi connectivity index (χ1v) is 6.52. The molecular weight excluding hydrogens is 316 g/mol. The van der Waals surface area contributed by atoms with Crippen LogP contribution in [0.2, 0.25) is 0 Å². The highest BCUT2D eigenvalue weighted by atomic mass is 79.9. The number of ether oxygens (including phenoxy) is 1. The lowest BCUT2D eigenvalue weighted by molar-refractivity contribution is 0.311. The summed E-state index contributed by atoms with van der Waals surface area (Å²) in [5, 5.41) is 3.13. The number of hydrogen-bond donors (Lipinski definition) is 1. The molecule has 0 atom stereocenters. The van der Waals surface area contributed by atoms with E-state index in [0.29, 0.717) is 6.54 Å². The molecule has 0 amide bonds. The smallest absolute Gasteiger partial charge is 0.169 e. The Hall–Kier alpha value is -1.62. The molecule has 0 unspecified atom stereocenters. The summed E-state index contributed by atoms with van der Waals surface area (Å²) in [7, 11) is 0. The van der Waals surface area contributed by atoms with Crippen molar-refractivity contribution in [2.75, 3.05) is 18.5 Å². The highest BCUT2D eigenvalue weighted by Gasteiger charge is 2.10. The van der Waals surface area contributed by atoms with E-state index in [-0.39, 0.29) is 16.8 Å². The molecule has 5 heteroatoms. The van der Waals surface area contributed by atoms with Crippen molar-refractivity contribution in [3.8, 4) is 5.75 Å². The van der Waals surface area contributed by atoms with Crippen LogP contribution in [-0.2, 0) is 0 Å². The second-order valence-electron chi connectivity index (χ2n) is 3.84. The van der Waals surface area contributed by atoms with Gasteiger partial charge >= 0.3 is 0 Å². The van der Waals surface area contributed by atoms with E-state index >= 15 is 0 Å². The Morgan fingerprint density at radius 2 is 1.84 bits per heavy atom. The summed E-state index contributed by atoms with van der Waals surface area (Å²) in [5.41, 5.74) is 0.963. The summed E-state index contributed by atoms with van der Waals surface area (Å²) in [6, 6.07) is 11.6. The summed E-state index contributed by atoms with van der Waals surface area (Å²) in [4.78, 5) is 0. The molecule has 0 aliphatic rings. The van der Waals surface area contributed by atoms with Crippen LogP contribution < -0.4 is 10.1 Å². The van der Waals surface area contributed by atoms with Crippen LogP contribution in [0.3, 0.4) is 0 Å². The molecule has 2 rings (SSSR count). The molecule has 2 aromatic rings. The molecule has 0 saturated carbocycles. The summed E-state index contributed by atoms with van der Waals surface area (Å²) < 4.78 is 31.9. The van der Waals surface area contributed by atoms with Crippen LogP contribution >= 0.6 is 15.9 Å². The van der Waals surface area contributed by atoms with Crippen molar-refractivity contribution < 1.29 is 13.5 Å². The van der Waals surface area contributed by atoms with Crippen molar-refractivity contribution in [2.45, 2.75) is 0 Å². The van der Waals surface area contributed by atoms with E-state index in [4.69, 9.17) is 4.74 Å². The highest BCUT2D eigenvalue weighted by molar-refractivity contribution is 9.10. The average molecular weight is 328 g/mol. The third-order valence-corrected chi connectivity index (χ3v) is 3.00. The molecule has 0 heterocycles. The van der Waals surface area contributed by atoms with Gasteiger partial charge in [-0.05, 0) is 34.1 Å². The van der Waals surface area contributed by atoms with Crippen LogP contribution in [0.5, 0.6) is 5.75 Å². The molecule has 100 valence electrons. The van der Waals surface area contributed by atoms with Crippen LogP contribution in [0, 0.1) is 11.6 Å². The van der Waals surface area contributed by atoms with E-state index in [0.717, 1.165) is 11.8 Å². The molecule has 1 N–H and O–H groups in total. The van der Waals surface area contributed by atoms with Gasteiger partial charge in [0.05, 0.1) is 4.47 Å². The Labute approximate surface area is 118 Å². The van der Waals surface area contributed by atoms with Crippen LogP contribution in [0.4, 0.5) is 14.5 Å². The summed E-state index contributed by atoms with van der Waals surface area (Å²) in [6.45, 7) is 0.795. The second-order valence-corrected chi connectivity index (χ2v) is 4.69. The lowest BCUT2D eigenvalue weighted by Gasteiger charge is -2.10. The van der Waals surface area contributed by atoms with Crippen LogP contribution in [0.1, 0.15) is 0 Å². The maximum absolute atomic E-state index is 13.4. The molecule has 19 heavy (non-hydrogen) atoms. The zero-order valence-electron chi connectivity index (χ0n) is 10.00. The van der Waals surface area contributed by atoms with Gasteiger partial charge in [-0.2, -0.15) is 0 Å². The number of halogens is 3. The van der Waals surface area contributed by atoms with Crippen LogP contribution in [0.25, 0.3) is 0 Å². The number of benzene rings is 2. The molecule has 0 bridgehead atoms. The van der Waals surface area contributed by atoms with Gasteiger partial charge in [0.1, 0.15) is 12.4 Å². The molecule has 2 nitrogen and oxygen atoms in total. The normalized spacial score (nSPS) is 10.3. The number of hydrogen-bond acceptors (Lipinski definition) is 2. The number of para-hydroxylation sites is 1. The monoisotopic (exact) mass is 327 g/mol. The first kappa shape index (κ1) is 13.8. The van der Waals surface area contributed by atoms with E-state index in [9.17, 15) is 8.78 Å². The minimum absolute atomic E-state index is 0.0243. The van der Waals surface area contributed by atoms with Gasteiger partial charge in [0, 0.05) is 18.3 Å².